The summed E-state index contributed by atoms with van der Waals surface area (Å²) >= 11 is 0. The van der Waals surface area contributed by atoms with E-state index in [1.54, 1.807) is 0 Å². The molecule has 0 saturated carbocycles. The predicted molar refractivity (Wildman–Crippen MR) is 86.9 cm³/mol. The maximum atomic E-state index is 11.3. The molecule has 3 nitrogen and oxygen atoms in total. The Morgan fingerprint density at radius 2 is 1.33 bits per heavy atom. The molecule has 0 amide bonds. The summed E-state index contributed by atoms with van der Waals surface area (Å²) < 4.78 is 10.3. The van der Waals surface area contributed by atoms with Crippen LogP contribution in [0.1, 0.15) is 102 Å². The molecule has 0 aromatic carbocycles. The van der Waals surface area contributed by atoms with Crippen molar-refractivity contribution < 1.29 is 8.83 Å². The molecule has 1 rings (SSSR count). The zero-order chi connectivity index (χ0) is 15.5. The molecule has 0 radical (unpaired) electrons. The average molecular weight is 296 g/mol. The molecule has 1 heterocycles. The van der Waals surface area contributed by atoms with Crippen LogP contribution in [0.25, 0.3) is 0 Å². The van der Waals surface area contributed by atoms with Crippen molar-refractivity contribution in [3.63, 3.8) is 0 Å². The van der Waals surface area contributed by atoms with Crippen molar-refractivity contribution in [2.45, 2.75) is 97.3 Å². The Balaban J connectivity index is 2.49. The van der Waals surface area contributed by atoms with Gasteiger partial charge in [0.05, 0.1) is 0 Å². The van der Waals surface area contributed by atoms with Crippen LogP contribution in [0.4, 0.5) is 0 Å². The van der Waals surface area contributed by atoms with Crippen molar-refractivity contribution >= 4 is 0 Å². The van der Waals surface area contributed by atoms with Crippen molar-refractivity contribution in [3.8, 4) is 0 Å². The first kappa shape index (κ1) is 18.1. The minimum Gasteiger partial charge on any atom is -0.396 e. The van der Waals surface area contributed by atoms with Crippen molar-refractivity contribution in [1.82, 2.24) is 0 Å². The molecular weight excluding hydrogens is 264 g/mol. The Hall–Kier alpha value is -0.990. The summed E-state index contributed by atoms with van der Waals surface area (Å²) in [6, 6.07) is 0. The fourth-order valence-electron chi connectivity index (χ4n) is 2.95. The molecule has 21 heavy (non-hydrogen) atoms. The third-order valence-corrected chi connectivity index (χ3v) is 4.21. The molecule has 1 aromatic rings. The first-order chi connectivity index (χ1) is 10.2. The highest BCUT2D eigenvalue weighted by Gasteiger charge is 2.20. The van der Waals surface area contributed by atoms with Crippen LogP contribution < -0.4 is 5.82 Å². The Bertz CT molecular complexity index is 416. The molecule has 0 fully saturated rings. The van der Waals surface area contributed by atoms with Gasteiger partial charge < -0.3 is 8.83 Å². The fraction of sp³-hybridized carbons (Fsp3) is 0.833. The minimum absolute atomic E-state index is 0.356. The minimum atomic E-state index is -0.549. The normalized spacial score (nSPS) is 12.7. The molecule has 0 aliphatic carbocycles. The van der Waals surface area contributed by atoms with Crippen molar-refractivity contribution in [2.75, 3.05) is 0 Å². The van der Waals surface area contributed by atoms with Crippen LogP contribution >= 0.6 is 0 Å². The molecule has 0 spiro atoms. The smallest absolute Gasteiger partial charge is 0.396 e. The fourth-order valence-corrected chi connectivity index (χ4v) is 2.95. The maximum absolute atomic E-state index is 11.3. The molecule has 0 aliphatic rings. The van der Waals surface area contributed by atoms with Crippen LogP contribution in [0.15, 0.2) is 13.6 Å². The predicted octanol–water partition coefficient (Wildman–Crippen LogP) is 5.96. The van der Waals surface area contributed by atoms with Gasteiger partial charge in [-0.2, -0.15) is 0 Å². The van der Waals surface area contributed by atoms with Gasteiger partial charge in [-0.25, -0.2) is 4.79 Å². The summed E-state index contributed by atoms with van der Waals surface area (Å²) in [4.78, 5) is 11.3. The standard InChI is InChI=1S/C18H32O3/c1-4-6-8-10-12-14-16(13-11-9-7-5-2)17-15(3)20-18(19)21-17/h16H,4-14H2,1-3H3. The number of unbranched alkanes of at least 4 members (excludes halogenated alkanes) is 7. The number of hydrogen-bond donors (Lipinski definition) is 0. The molecule has 0 N–H and O–H groups in total. The Morgan fingerprint density at radius 3 is 1.81 bits per heavy atom. The zero-order valence-electron chi connectivity index (χ0n) is 14.1. The first-order valence-corrected chi connectivity index (χ1v) is 8.79. The second-order valence-electron chi connectivity index (χ2n) is 6.12. The van der Waals surface area contributed by atoms with Crippen LogP contribution in [0.3, 0.4) is 0 Å². The number of hydrogen-bond acceptors (Lipinski definition) is 3. The van der Waals surface area contributed by atoms with Gasteiger partial charge in [-0.1, -0.05) is 71.6 Å². The zero-order valence-corrected chi connectivity index (χ0v) is 14.1. The van der Waals surface area contributed by atoms with E-state index in [9.17, 15) is 4.79 Å². The molecule has 3 heteroatoms. The molecule has 0 aliphatic heterocycles. The largest absolute Gasteiger partial charge is 0.519 e. The lowest BCUT2D eigenvalue weighted by Gasteiger charge is -2.14. The highest BCUT2D eigenvalue weighted by atomic mass is 16.6. The topological polar surface area (TPSA) is 43.4 Å². The van der Waals surface area contributed by atoms with Crippen LogP contribution in [-0.4, -0.2) is 0 Å². The molecule has 1 aromatic heterocycles. The summed E-state index contributed by atoms with van der Waals surface area (Å²) in [6.07, 6.45) is 13.6. The summed E-state index contributed by atoms with van der Waals surface area (Å²) in [5.74, 6) is 1.28. The number of rotatable bonds is 12. The molecule has 122 valence electrons. The molecular formula is C18H32O3. The van der Waals surface area contributed by atoms with Gasteiger partial charge in [0.25, 0.3) is 0 Å². The number of aryl methyl sites for hydroxylation is 1. The quantitative estimate of drug-likeness (QED) is 0.447. The van der Waals surface area contributed by atoms with E-state index in [4.69, 9.17) is 8.83 Å². The van der Waals surface area contributed by atoms with Crippen LogP contribution in [0.2, 0.25) is 0 Å². The molecule has 1 atom stereocenters. The van der Waals surface area contributed by atoms with Crippen molar-refractivity contribution in [2.24, 2.45) is 0 Å². The summed E-state index contributed by atoms with van der Waals surface area (Å²) in [5.41, 5.74) is 0. The van der Waals surface area contributed by atoms with E-state index in [2.05, 4.69) is 13.8 Å². The van der Waals surface area contributed by atoms with E-state index < -0.39 is 5.82 Å². The van der Waals surface area contributed by atoms with Gasteiger partial charge >= 0.3 is 5.82 Å². The van der Waals surface area contributed by atoms with E-state index in [0.29, 0.717) is 11.7 Å². The third kappa shape index (κ3) is 7.01. The SMILES string of the molecule is CCCCCCCC(CCCCCC)c1oc(=O)oc1C. The highest BCUT2D eigenvalue weighted by molar-refractivity contribution is 5.07. The van der Waals surface area contributed by atoms with Gasteiger partial charge in [0.1, 0.15) is 5.76 Å². The molecule has 0 bridgehead atoms. The Morgan fingerprint density at radius 1 is 0.810 bits per heavy atom. The van der Waals surface area contributed by atoms with Crippen molar-refractivity contribution in [3.05, 3.63) is 22.1 Å². The van der Waals surface area contributed by atoms with E-state index in [1.807, 2.05) is 6.92 Å². The lowest BCUT2D eigenvalue weighted by molar-refractivity contribution is 0.348. The maximum Gasteiger partial charge on any atom is 0.519 e. The van der Waals surface area contributed by atoms with Crippen molar-refractivity contribution in [1.29, 1.82) is 0 Å². The molecule has 0 saturated heterocycles. The summed E-state index contributed by atoms with van der Waals surface area (Å²) in [7, 11) is 0. The van der Waals surface area contributed by atoms with Crippen LogP contribution in [0.5, 0.6) is 0 Å². The van der Waals surface area contributed by atoms with Gasteiger partial charge in [-0.3, -0.25) is 0 Å². The van der Waals surface area contributed by atoms with E-state index >= 15 is 0 Å². The highest BCUT2D eigenvalue weighted by Crippen LogP contribution is 2.30. The van der Waals surface area contributed by atoms with Gasteiger partial charge in [0.2, 0.25) is 0 Å². The second kappa shape index (κ2) is 10.7. The second-order valence-corrected chi connectivity index (χ2v) is 6.12. The van der Waals surface area contributed by atoms with E-state index in [1.165, 1.54) is 57.8 Å². The van der Waals surface area contributed by atoms with Gasteiger partial charge in [0, 0.05) is 5.92 Å². The van der Waals surface area contributed by atoms with Crippen LogP contribution in [-0.2, 0) is 0 Å². The summed E-state index contributed by atoms with van der Waals surface area (Å²) in [6.45, 7) is 6.31. The lowest BCUT2D eigenvalue weighted by atomic mass is 9.91. The Labute approximate surface area is 129 Å². The molecule has 1 unspecified atom stereocenters. The lowest BCUT2D eigenvalue weighted by Crippen LogP contribution is -2.01. The van der Waals surface area contributed by atoms with E-state index in [-0.39, 0.29) is 0 Å². The third-order valence-electron chi connectivity index (χ3n) is 4.21. The van der Waals surface area contributed by atoms with E-state index in [0.717, 1.165) is 18.6 Å². The summed E-state index contributed by atoms with van der Waals surface area (Å²) in [5, 5.41) is 0. The van der Waals surface area contributed by atoms with Gasteiger partial charge in [-0.15, -0.1) is 0 Å². The van der Waals surface area contributed by atoms with Gasteiger partial charge in [-0.05, 0) is 19.8 Å². The monoisotopic (exact) mass is 296 g/mol. The first-order valence-electron chi connectivity index (χ1n) is 8.79. The van der Waals surface area contributed by atoms with Gasteiger partial charge in [0.15, 0.2) is 5.76 Å². The Kier molecular flexibility index (Phi) is 9.20. The van der Waals surface area contributed by atoms with Crippen LogP contribution in [0, 0.1) is 6.92 Å². The average Bonchev–Trinajstić information content (AvgIpc) is 2.80.